The highest BCUT2D eigenvalue weighted by Gasteiger charge is 2.05. The molecule has 0 atom stereocenters. The third-order valence-corrected chi connectivity index (χ3v) is 2.17. The van der Waals surface area contributed by atoms with Gasteiger partial charge in [0.15, 0.2) is 0 Å². The van der Waals surface area contributed by atoms with Crippen molar-refractivity contribution in [3.63, 3.8) is 0 Å². The first kappa shape index (κ1) is 9.64. The number of carbonyl (C=O) groups excluding carboxylic acids is 1. The number of aromatic amines is 1. The molecule has 0 saturated carbocycles. The van der Waals surface area contributed by atoms with E-state index in [9.17, 15) is 4.79 Å². The van der Waals surface area contributed by atoms with Gasteiger partial charge in [-0.3, -0.25) is 9.89 Å². The Morgan fingerprint density at radius 2 is 2.40 bits per heavy atom. The molecule has 2 aromatic heterocycles. The molecule has 0 radical (unpaired) electrons. The van der Waals surface area contributed by atoms with Crippen molar-refractivity contribution in [3.8, 4) is 0 Å². The summed E-state index contributed by atoms with van der Waals surface area (Å²) < 4.78 is 0. The van der Waals surface area contributed by atoms with E-state index >= 15 is 0 Å². The van der Waals surface area contributed by atoms with E-state index in [4.69, 9.17) is 0 Å². The van der Waals surface area contributed by atoms with Crippen molar-refractivity contribution in [2.45, 2.75) is 20.3 Å². The van der Waals surface area contributed by atoms with E-state index in [-0.39, 0.29) is 5.91 Å². The van der Waals surface area contributed by atoms with Gasteiger partial charge in [-0.25, -0.2) is 4.98 Å². The molecule has 1 amide bonds. The molecule has 5 heteroatoms. The van der Waals surface area contributed by atoms with Crippen molar-refractivity contribution in [2.24, 2.45) is 0 Å². The maximum absolute atomic E-state index is 10.8. The number of rotatable bonds is 2. The lowest BCUT2D eigenvalue weighted by Crippen LogP contribution is -2.06. The maximum Gasteiger partial charge on any atom is 0.222 e. The lowest BCUT2D eigenvalue weighted by Gasteiger charge is -1.99. The van der Waals surface area contributed by atoms with Crippen LogP contribution in [0.15, 0.2) is 12.3 Å². The van der Waals surface area contributed by atoms with Crippen molar-refractivity contribution in [1.29, 1.82) is 0 Å². The van der Waals surface area contributed by atoms with E-state index in [1.807, 2.05) is 6.92 Å². The number of fused-ring (bicyclic) bond motifs is 1. The first-order chi connectivity index (χ1) is 7.20. The molecule has 0 fully saturated rings. The van der Waals surface area contributed by atoms with Crippen LogP contribution >= 0.6 is 0 Å². The van der Waals surface area contributed by atoms with Crippen LogP contribution in [0, 0.1) is 0 Å². The molecule has 0 spiro atoms. The normalized spacial score (nSPS) is 10.5. The van der Waals surface area contributed by atoms with Gasteiger partial charge < -0.3 is 5.32 Å². The molecule has 2 aromatic rings. The second-order valence-corrected chi connectivity index (χ2v) is 3.32. The Morgan fingerprint density at radius 1 is 1.60 bits per heavy atom. The molecule has 0 unspecified atom stereocenters. The van der Waals surface area contributed by atoms with E-state index < -0.39 is 0 Å². The van der Waals surface area contributed by atoms with Crippen LogP contribution in [0.3, 0.4) is 0 Å². The van der Waals surface area contributed by atoms with E-state index in [1.165, 1.54) is 6.92 Å². The van der Waals surface area contributed by atoms with E-state index in [0.29, 0.717) is 5.82 Å². The lowest BCUT2D eigenvalue weighted by atomic mass is 10.2. The minimum Gasteiger partial charge on any atom is -0.311 e. The highest BCUT2D eigenvalue weighted by Crippen LogP contribution is 2.17. The minimum absolute atomic E-state index is 0.128. The molecule has 0 aromatic carbocycles. The van der Waals surface area contributed by atoms with Gasteiger partial charge in [0.2, 0.25) is 5.91 Å². The SMILES string of the molecule is CCc1n[nH]c2cc(NC(C)=O)ncc12. The van der Waals surface area contributed by atoms with Gasteiger partial charge in [0.05, 0.1) is 11.2 Å². The zero-order valence-corrected chi connectivity index (χ0v) is 8.66. The van der Waals surface area contributed by atoms with Crippen LogP contribution in [-0.2, 0) is 11.2 Å². The number of aryl methyl sites for hydroxylation is 1. The summed E-state index contributed by atoms with van der Waals surface area (Å²) in [5.41, 5.74) is 1.89. The van der Waals surface area contributed by atoms with Crippen molar-refractivity contribution in [1.82, 2.24) is 15.2 Å². The van der Waals surface area contributed by atoms with Crippen LogP contribution in [0.4, 0.5) is 5.82 Å². The highest BCUT2D eigenvalue weighted by molar-refractivity contribution is 5.90. The van der Waals surface area contributed by atoms with Gasteiger partial charge in [-0.1, -0.05) is 6.92 Å². The molecule has 15 heavy (non-hydrogen) atoms. The van der Waals surface area contributed by atoms with Gasteiger partial charge in [-0.05, 0) is 6.42 Å². The van der Waals surface area contributed by atoms with Crippen molar-refractivity contribution < 1.29 is 4.79 Å². The van der Waals surface area contributed by atoms with Crippen LogP contribution in [0.5, 0.6) is 0 Å². The molecule has 78 valence electrons. The average Bonchev–Trinajstić information content (AvgIpc) is 2.58. The van der Waals surface area contributed by atoms with Gasteiger partial charge in [0.25, 0.3) is 0 Å². The summed E-state index contributed by atoms with van der Waals surface area (Å²) >= 11 is 0. The number of hydrogen-bond donors (Lipinski definition) is 2. The molecule has 2 heterocycles. The third kappa shape index (κ3) is 1.81. The van der Waals surface area contributed by atoms with Gasteiger partial charge in [0.1, 0.15) is 5.82 Å². The van der Waals surface area contributed by atoms with Crippen LogP contribution in [0.2, 0.25) is 0 Å². The molecule has 0 bridgehead atoms. The van der Waals surface area contributed by atoms with E-state index in [1.54, 1.807) is 12.3 Å². The molecular formula is C10H12N4O. The Labute approximate surface area is 86.9 Å². The number of hydrogen-bond acceptors (Lipinski definition) is 3. The number of aromatic nitrogens is 3. The molecule has 2 N–H and O–H groups in total. The monoisotopic (exact) mass is 204 g/mol. The first-order valence-electron chi connectivity index (χ1n) is 4.81. The van der Waals surface area contributed by atoms with Gasteiger partial charge in [-0.15, -0.1) is 0 Å². The Bertz CT molecular complexity index is 503. The number of anilines is 1. The van der Waals surface area contributed by atoms with Crippen LogP contribution in [0.25, 0.3) is 10.9 Å². The Balaban J connectivity index is 2.44. The molecule has 0 saturated heterocycles. The Morgan fingerprint density at radius 3 is 3.07 bits per heavy atom. The second-order valence-electron chi connectivity index (χ2n) is 3.32. The Hall–Kier alpha value is -1.91. The summed E-state index contributed by atoms with van der Waals surface area (Å²) in [6.45, 7) is 3.49. The van der Waals surface area contributed by atoms with Crippen LogP contribution in [-0.4, -0.2) is 21.1 Å². The van der Waals surface area contributed by atoms with Gasteiger partial charge in [-0.2, -0.15) is 5.10 Å². The second kappa shape index (κ2) is 3.68. The molecule has 5 nitrogen and oxygen atoms in total. The summed E-state index contributed by atoms with van der Waals surface area (Å²) in [5, 5.41) is 10.7. The number of nitrogens with one attached hydrogen (secondary N) is 2. The minimum atomic E-state index is -0.128. The van der Waals surface area contributed by atoms with Crippen molar-refractivity contribution in [2.75, 3.05) is 5.32 Å². The van der Waals surface area contributed by atoms with Crippen LogP contribution in [0.1, 0.15) is 19.5 Å². The first-order valence-corrected chi connectivity index (χ1v) is 4.81. The molecule has 0 aliphatic rings. The molecule has 2 rings (SSSR count). The summed E-state index contributed by atoms with van der Waals surface area (Å²) in [4.78, 5) is 15.0. The predicted octanol–water partition coefficient (Wildman–Crippen LogP) is 1.48. The van der Waals surface area contributed by atoms with E-state index in [2.05, 4.69) is 20.5 Å². The number of carbonyl (C=O) groups is 1. The fourth-order valence-corrected chi connectivity index (χ4v) is 1.48. The summed E-state index contributed by atoms with van der Waals surface area (Å²) in [5.74, 6) is 0.415. The largest absolute Gasteiger partial charge is 0.311 e. The number of pyridine rings is 1. The smallest absolute Gasteiger partial charge is 0.222 e. The summed E-state index contributed by atoms with van der Waals surface area (Å²) in [6.07, 6.45) is 2.59. The summed E-state index contributed by atoms with van der Waals surface area (Å²) in [6, 6.07) is 1.78. The predicted molar refractivity (Wildman–Crippen MR) is 57.6 cm³/mol. The molecular weight excluding hydrogens is 192 g/mol. The lowest BCUT2D eigenvalue weighted by molar-refractivity contribution is -0.114. The topological polar surface area (TPSA) is 70.7 Å². The zero-order valence-electron chi connectivity index (χ0n) is 8.66. The number of nitrogens with zero attached hydrogens (tertiary/aromatic N) is 2. The fraction of sp³-hybridized carbons (Fsp3) is 0.300. The van der Waals surface area contributed by atoms with Gasteiger partial charge >= 0.3 is 0 Å². The van der Waals surface area contributed by atoms with Crippen molar-refractivity contribution in [3.05, 3.63) is 18.0 Å². The fourth-order valence-electron chi connectivity index (χ4n) is 1.48. The molecule has 0 aliphatic carbocycles. The quantitative estimate of drug-likeness (QED) is 0.778. The van der Waals surface area contributed by atoms with Crippen molar-refractivity contribution >= 4 is 22.6 Å². The standard InChI is InChI=1S/C10H12N4O/c1-3-8-7-5-11-10(12-6(2)15)4-9(7)14-13-8/h4-5H,3H2,1-2H3,(H,13,14)(H,11,12,15). The zero-order chi connectivity index (χ0) is 10.8. The number of amides is 1. The van der Waals surface area contributed by atoms with Gasteiger partial charge in [0, 0.05) is 24.6 Å². The average molecular weight is 204 g/mol. The van der Waals surface area contributed by atoms with E-state index in [0.717, 1.165) is 23.0 Å². The highest BCUT2D eigenvalue weighted by atomic mass is 16.1. The number of H-pyrrole nitrogens is 1. The summed E-state index contributed by atoms with van der Waals surface area (Å²) in [7, 11) is 0. The molecule has 0 aliphatic heterocycles. The third-order valence-electron chi connectivity index (χ3n) is 2.17. The van der Waals surface area contributed by atoms with Crippen LogP contribution < -0.4 is 5.32 Å². The Kier molecular flexibility index (Phi) is 2.37. The maximum atomic E-state index is 10.8.